The van der Waals surface area contributed by atoms with Crippen LogP contribution in [0.5, 0.6) is 0 Å². The van der Waals surface area contributed by atoms with E-state index >= 15 is 0 Å². The van der Waals surface area contributed by atoms with E-state index in [-0.39, 0.29) is 5.91 Å². The van der Waals surface area contributed by atoms with Gasteiger partial charge in [0, 0.05) is 6.20 Å². The number of carbonyl (C=O) groups excluding carboxylic acids is 1. The lowest BCUT2D eigenvalue weighted by molar-refractivity contribution is 0.0996. The Morgan fingerprint density at radius 3 is 2.81 bits per heavy atom. The number of aromatic nitrogens is 3. The monoisotopic (exact) mass is 350 g/mol. The van der Waals surface area contributed by atoms with Gasteiger partial charge in [0.15, 0.2) is 0 Å². The van der Waals surface area contributed by atoms with Gasteiger partial charge in [-0.1, -0.05) is 12.7 Å². The van der Waals surface area contributed by atoms with Crippen LogP contribution in [0.15, 0.2) is 48.5 Å². The van der Waals surface area contributed by atoms with Crippen LogP contribution < -0.4 is 4.90 Å². The van der Waals surface area contributed by atoms with Crippen molar-refractivity contribution in [1.82, 2.24) is 15.2 Å². The maximum atomic E-state index is 12.8. The molecule has 1 amide bonds. The highest BCUT2D eigenvalue weighted by Gasteiger charge is 2.32. The molecule has 0 saturated carbocycles. The van der Waals surface area contributed by atoms with Gasteiger partial charge in [-0.2, -0.15) is 5.10 Å². The van der Waals surface area contributed by atoms with Crippen molar-refractivity contribution in [3.63, 3.8) is 0 Å². The zero-order valence-corrected chi connectivity index (χ0v) is 15.5. The molecule has 0 saturated heterocycles. The number of aromatic amines is 1. The predicted octanol–water partition coefficient (Wildman–Crippen LogP) is 3.78. The lowest BCUT2D eigenvalue weighted by Crippen LogP contribution is -2.22. The summed E-state index contributed by atoms with van der Waals surface area (Å²) in [5.74, 6) is 0.657. The highest BCUT2D eigenvalue weighted by Crippen LogP contribution is 2.31. The van der Waals surface area contributed by atoms with Crippen LogP contribution in [0.4, 0.5) is 5.69 Å². The smallest absolute Gasteiger partial charge is 0.260 e. The summed E-state index contributed by atoms with van der Waals surface area (Å²) in [4.78, 5) is 19.2. The predicted molar refractivity (Wildman–Crippen MR) is 102 cm³/mol. The third-order valence-electron chi connectivity index (χ3n) is 4.39. The first kappa shape index (κ1) is 17.7. The molecule has 134 valence electrons. The van der Waals surface area contributed by atoms with Crippen LogP contribution in [-0.2, 0) is 11.3 Å². The summed E-state index contributed by atoms with van der Waals surface area (Å²) in [5, 5.41) is 6.67. The molecular formula is C20H22N4O2. The summed E-state index contributed by atoms with van der Waals surface area (Å²) in [6.45, 7) is 10.1. The van der Waals surface area contributed by atoms with E-state index in [0.29, 0.717) is 17.9 Å². The van der Waals surface area contributed by atoms with Crippen LogP contribution in [0.3, 0.4) is 0 Å². The molecule has 0 fully saturated rings. The largest absolute Gasteiger partial charge is 0.496 e. The molecule has 0 radical (unpaired) electrons. The first-order chi connectivity index (χ1) is 12.5. The zero-order valence-electron chi connectivity index (χ0n) is 15.5. The average Bonchev–Trinajstić information content (AvgIpc) is 3.23. The Bertz CT molecular complexity index is 924. The number of methoxy groups -OCH3 is 1. The number of pyridine rings is 1. The topological polar surface area (TPSA) is 71.1 Å². The highest BCUT2D eigenvalue weighted by molar-refractivity contribution is 6.10. The van der Waals surface area contributed by atoms with Crippen molar-refractivity contribution in [3.05, 3.63) is 71.0 Å². The summed E-state index contributed by atoms with van der Waals surface area (Å²) in [6.07, 6.45) is 7.23. The Morgan fingerprint density at radius 1 is 1.46 bits per heavy atom. The molecule has 1 N–H and O–H groups in total. The van der Waals surface area contributed by atoms with Gasteiger partial charge in [-0.25, -0.2) is 0 Å². The Kier molecular flexibility index (Phi) is 4.75. The third kappa shape index (κ3) is 3.06. The molecule has 3 rings (SSSR count). The van der Waals surface area contributed by atoms with E-state index in [2.05, 4.69) is 16.8 Å². The number of carbonyl (C=O) groups is 1. The second-order valence-corrected chi connectivity index (χ2v) is 6.23. The third-order valence-corrected chi connectivity index (χ3v) is 4.39. The van der Waals surface area contributed by atoms with E-state index in [1.807, 2.05) is 39.0 Å². The number of H-pyrrole nitrogens is 1. The number of nitrogens with zero attached hydrogens (tertiary/aromatic N) is 3. The quantitative estimate of drug-likeness (QED) is 0.658. The zero-order chi connectivity index (χ0) is 18.8. The van der Waals surface area contributed by atoms with Gasteiger partial charge in [0.2, 0.25) is 0 Å². The van der Waals surface area contributed by atoms with Gasteiger partial charge in [0.1, 0.15) is 5.76 Å². The van der Waals surface area contributed by atoms with E-state index in [1.54, 1.807) is 24.4 Å². The SMILES string of the molecule is C=C(C)/C(=C\C(=C/C)c1cc(C)c2c(n1)CN(c1cn[nH]c1)C2=O)OC. The minimum absolute atomic E-state index is 0.0463. The van der Waals surface area contributed by atoms with Crippen LogP contribution >= 0.6 is 0 Å². The van der Waals surface area contributed by atoms with E-state index in [9.17, 15) is 4.79 Å². The molecule has 0 unspecified atom stereocenters. The average molecular weight is 350 g/mol. The standard InChI is InChI=1S/C20H22N4O2/c1-6-14(8-18(26-5)12(2)3)16-7-13(4)19-17(23-16)11-24(20(19)25)15-9-21-22-10-15/h6-10H,2,11H2,1,3-5H3,(H,21,22)/b14-6+,18-8+. The number of aryl methyl sites for hydroxylation is 1. The number of nitrogens with one attached hydrogen (secondary N) is 1. The molecule has 2 aromatic rings. The first-order valence-electron chi connectivity index (χ1n) is 8.35. The molecule has 0 atom stereocenters. The van der Waals surface area contributed by atoms with Gasteiger partial charge in [0.25, 0.3) is 5.91 Å². The molecule has 1 aliphatic heterocycles. The van der Waals surface area contributed by atoms with Gasteiger partial charge in [-0.3, -0.25) is 19.8 Å². The maximum Gasteiger partial charge on any atom is 0.260 e. The Balaban J connectivity index is 2.02. The summed E-state index contributed by atoms with van der Waals surface area (Å²) >= 11 is 0. The second kappa shape index (κ2) is 7.00. The Labute approximate surface area is 152 Å². The first-order valence-corrected chi connectivity index (χ1v) is 8.35. The van der Waals surface area contributed by atoms with Gasteiger partial charge >= 0.3 is 0 Å². The summed E-state index contributed by atoms with van der Waals surface area (Å²) in [6, 6.07) is 1.94. The molecule has 0 aromatic carbocycles. The minimum atomic E-state index is -0.0463. The number of rotatable bonds is 5. The van der Waals surface area contributed by atoms with Gasteiger partial charge in [0.05, 0.1) is 42.5 Å². The lowest BCUT2D eigenvalue weighted by atomic mass is 10.0. The van der Waals surface area contributed by atoms with Crippen LogP contribution in [0.1, 0.15) is 41.2 Å². The highest BCUT2D eigenvalue weighted by atomic mass is 16.5. The van der Waals surface area contributed by atoms with E-state index in [1.165, 1.54) is 0 Å². The van der Waals surface area contributed by atoms with Crippen molar-refractivity contribution < 1.29 is 9.53 Å². The normalized spacial score (nSPS) is 14.6. The van der Waals surface area contributed by atoms with Crippen LogP contribution in [0.2, 0.25) is 0 Å². The number of ether oxygens (including phenoxy) is 1. The molecule has 3 heterocycles. The lowest BCUT2D eigenvalue weighted by Gasteiger charge is -2.11. The van der Waals surface area contributed by atoms with Crippen LogP contribution in [0.25, 0.3) is 5.57 Å². The molecule has 0 bridgehead atoms. The van der Waals surface area contributed by atoms with Crippen molar-refractivity contribution in [2.45, 2.75) is 27.3 Å². The molecule has 6 heteroatoms. The molecular weight excluding hydrogens is 328 g/mol. The fraction of sp³-hybridized carbons (Fsp3) is 0.250. The molecule has 0 aliphatic carbocycles. The van der Waals surface area contributed by atoms with Gasteiger partial charge in [-0.15, -0.1) is 0 Å². The Hall–Kier alpha value is -3.15. The van der Waals surface area contributed by atoms with Crippen molar-refractivity contribution in [1.29, 1.82) is 0 Å². The number of allylic oxidation sites excluding steroid dienone is 4. The van der Waals surface area contributed by atoms with Crippen molar-refractivity contribution in [3.8, 4) is 0 Å². The maximum absolute atomic E-state index is 12.8. The van der Waals surface area contributed by atoms with E-state index in [0.717, 1.165) is 33.8 Å². The number of anilines is 1. The van der Waals surface area contributed by atoms with Gasteiger partial charge in [-0.05, 0) is 49.6 Å². The number of amides is 1. The number of hydrogen-bond acceptors (Lipinski definition) is 4. The fourth-order valence-corrected chi connectivity index (χ4v) is 3.05. The van der Waals surface area contributed by atoms with Crippen LogP contribution in [-0.4, -0.2) is 28.2 Å². The van der Waals surface area contributed by atoms with E-state index in [4.69, 9.17) is 9.72 Å². The molecule has 2 aromatic heterocycles. The number of fused-ring (bicyclic) bond motifs is 1. The van der Waals surface area contributed by atoms with Crippen molar-refractivity contribution in [2.75, 3.05) is 12.0 Å². The summed E-state index contributed by atoms with van der Waals surface area (Å²) in [7, 11) is 1.62. The summed E-state index contributed by atoms with van der Waals surface area (Å²) < 4.78 is 5.39. The minimum Gasteiger partial charge on any atom is -0.496 e. The van der Waals surface area contributed by atoms with Crippen molar-refractivity contribution in [2.24, 2.45) is 0 Å². The molecule has 1 aliphatic rings. The molecule has 0 spiro atoms. The molecule has 26 heavy (non-hydrogen) atoms. The number of hydrogen-bond donors (Lipinski definition) is 1. The summed E-state index contributed by atoms with van der Waals surface area (Å²) in [5.41, 5.74) is 5.65. The Morgan fingerprint density at radius 2 is 2.23 bits per heavy atom. The second-order valence-electron chi connectivity index (χ2n) is 6.23. The van der Waals surface area contributed by atoms with Crippen LogP contribution in [0, 0.1) is 6.92 Å². The van der Waals surface area contributed by atoms with Crippen molar-refractivity contribution >= 4 is 17.2 Å². The fourth-order valence-electron chi connectivity index (χ4n) is 3.05. The van der Waals surface area contributed by atoms with E-state index < -0.39 is 0 Å². The van der Waals surface area contributed by atoms with Gasteiger partial charge < -0.3 is 4.74 Å². The molecule has 6 nitrogen and oxygen atoms in total.